The zero-order valence-electron chi connectivity index (χ0n) is 10.9. The standard InChI is InChI=1S/C13H17N3O3/c1-4-5-9(13(18)19)16-10-6-7(2)15-8(3)11(10)12(14)17/h4,6,9H,1,5H2,2-3H3,(H2,14,17)(H,15,16)(H,18,19). The molecule has 0 saturated heterocycles. The van der Waals surface area contributed by atoms with Crippen molar-refractivity contribution >= 4 is 17.6 Å². The summed E-state index contributed by atoms with van der Waals surface area (Å²) in [6, 6.07) is 0.739. The largest absolute Gasteiger partial charge is 0.480 e. The van der Waals surface area contributed by atoms with Crippen molar-refractivity contribution < 1.29 is 14.7 Å². The molecule has 1 unspecified atom stereocenters. The molecule has 0 bridgehead atoms. The van der Waals surface area contributed by atoms with Crippen molar-refractivity contribution in [2.75, 3.05) is 5.32 Å². The SMILES string of the molecule is C=CCC(Nc1cc(C)nc(C)c1C(N)=O)C(=O)O. The summed E-state index contributed by atoms with van der Waals surface area (Å²) in [5.41, 5.74) is 7.04. The zero-order valence-corrected chi connectivity index (χ0v) is 10.9. The van der Waals surface area contributed by atoms with E-state index >= 15 is 0 Å². The van der Waals surface area contributed by atoms with Gasteiger partial charge < -0.3 is 16.2 Å². The minimum atomic E-state index is -1.03. The van der Waals surface area contributed by atoms with Crippen molar-refractivity contribution in [3.05, 3.63) is 35.7 Å². The van der Waals surface area contributed by atoms with E-state index < -0.39 is 17.9 Å². The second kappa shape index (κ2) is 5.99. The molecule has 0 saturated carbocycles. The number of aromatic nitrogens is 1. The number of aryl methyl sites for hydroxylation is 2. The summed E-state index contributed by atoms with van der Waals surface area (Å²) in [4.78, 5) is 26.7. The summed E-state index contributed by atoms with van der Waals surface area (Å²) in [5, 5.41) is 11.9. The van der Waals surface area contributed by atoms with E-state index in [1.54, 1.807) is 19.9 Å². The molecule has 0 radical (unpaired) electrons. The topological polar surface area (TPSA) is 105 Å². The number of carbonyl (C=O) groups is 2. The van der Waals surface area contributed by atoms with E-state index in [1.807, 2.05) is 0 Å². The Morgan fingerprint density at radius 3 is 2.68 bits per heavy atom. The van der Waals surface area contributed by atoms with Crippen LogP contribution in [0.1, 0.15) is 28.2 Å². The van der Waals surface area contributed by atoms with Crippen LogP contribution in [-0.2, 0) is 4.79 Å². The van der Waals surface area contributed by atoms with Crippen molar-refractivity contribution in [2.24, 2.45) is 5.73 Å². The molecule has 6 nitrogen and oxygen atoms in total. The zero-order chi connectivity index (χ0) is 14.6. The number of aliphatic carboxylic acids is 1. The number of nitrogens with two attached hydrogens (primary N) is 1. The van der Waals surface area contributed by atoms with Crippen LogP contribution in [0.15, 0.2) is 18.7 Å². The van der Waals surface area contributed by atoms with Gasteiger partial charge in [0.1, 0.15) is 6.04 Å². The van der Waals surface area contributed by atoms with Crippen LogP contribution in [0.4, 0.5) is 5.69 Å². The van der Waals surface area contributed by atoms with E-state index in [-0.39, 0.29) is 12.0 Å². The fourth-order valence-electron chi connectivity index (χ4n) is 1.83. The Morgan fingerprint density at radius 1 is 1.58 bits per heavy atom. The maximum absolute atomic E-state index is 11.4. The first-order valence-electron chi connectivity index (χ1n) is 5.75. The predicted molar refractivity (Wildman–Crippen MR) is 72.1 cm³/mol. The molecule has 0 aliphatic carbocycles. The third-order valence-electron chi connectivity index (χ3n) is 2.61. The number of hydrogen-bond donors (Lipinski definition) is 3. The van der Waals surface area contributed by atoms with Gasteiger partial charge in [-0.2, -0.15) is 0 Å². The van der Waals surface area contributed by atoms with Gasteiger partial charge in [0.25, 0.3) is 5.91 Å². The smallest absolute Gasteiger partial charge is 0.326 e. The lowest BCUT2D eigenvalue weighted by Gasteiger charge is -2.17. The molecule has 1 aromatic rings. The van der Waals surface area contributed by atoms with Crippen LogP contribution in [0.5, 0.6) is 0 Å². The minimum absolute atomic E-state index is 0.209. The number of anilines is 1. The summed E-state index contributed by atoms with van der Waals surface area (Å²) in [5.74, 6) is -1.67. The normalized spacial score (nSPS) is 11.7. The van der Waals surface area contributed by atoms with E-state index in [1.165, 1.54) is 6.08 Å². The summed E-state index contributed by atoms with van der Waals surface area (Å²) < 4.78 is 0. The maximum Gasteiger partial charge on any atom is 0.326 e. The lowest BCUT2D eigenvalue weighted by atomic mass is 10.1. The molecule has 4 N–H and O–H groups in total. The number of rotatable bonds is 6. The molecular formula is C13H17N3O3. The average molecular weight is 263 g/mol. The molecule has 1 rings (SSSR count). The Labute approximate surface area is 111 Å². The van der Waals surface area contributed by atoms with E-state index in [0.29, 0.717) is 17.1 Å². The van der Waals surface area contributed by atoms with Gasteiger partial charge in [-0.1, -0.05) is 6.08 Å². The molecule has 102 valence electrons. The average Bonchev–Trinajstić information content (AvgIpc) is 2.26. The first-order valence-corrected chi connectivity index (χ1v) is 5.75. The fraction of sp³-hybridized carbons (Fsp3) is 0.308. The molecule has 1 amide bonds. The van der Waals surface area contributed by atoms with Gasteiger partial charge in [-0.15, -0.1) is 6.58 Å². The molecule has 0 aliphatic rings. The van der Waals surface area contributed by atoms with Crippen LogP contribution in [0.2, 0.25) is 0 Å². The van der Waals surface area contributed by atoms with E-state index in [0.717, 1.165) is 0 Å². The Morgan fingerprint density at radius 2 is 2.21 bits per heavy atom. The molecule has 0 aromatic carbocycles. The third kappa shape index (κ3) is 3.54. The number of carbonyl (C=O) groups excluding carboxylic acids is 1. The van der Waals surface area contributed by atoms with Crippen LogP contribution in [0, 0.1) is 13.8 Å². The number of nitrogens with zero attached hydrogens (tertiary/aromatic N) is 1. The number of amides is 1. The third-order valence-corrected chi connectivity index (χ3v) is 2.61. The predicted octanol–water partition coefficient (Wildman–Crippen LogP) is 1.24. The van der Waals surface area contributed by atoms with Gasteiger partial charge in [-0.25, -0.2) is 4.79 Å². The number of pyridine rings is 1. The molecule has 1 atom stereocenters. The summed E-state index contributed by atoms with van der Waals surface area (Å²) in [6.45, 7) is 6.92. The van der Waals surface area contributed by atoms with Gasteiger partial charge in [0, 0.05) is 5.69 Å². The van der Waals surface area contributed by atoms with Crippen molar-refractivity contribution in [1.29, 1.82) is 0 Å². The van der Waals surface area contributed by atoms with Crippen molar-refractivity contribution in [3.63, 3.8) is 0 Å². The van der Waals surface area contributed by atoms with Gasteiger partial charge in [0.2, 0.25) is 0 Å². The van der Waals surface area contributed by atoms with E-state index in [4.69, 9.17) is 10.8 Å². The van der Waals surface area contributed by atoms with Gasteiger partial charge in [0.05, 0.1) is 16.9 Å². The number of carboxylic acid groups (broad SMARTS) is 1. The Balaban J connectivity index is 3.21. The van der Waals surface area contributed by atoms with Gasteiger partial charge in [-0.05, 0) is 26.3 Å². The quantitative estimate of drug-likeness (QED) is 0.669. The minimum Gasteiger partial charge on any atom is -0.480 e. The summed E-state index contributed by atoms with van der Waals surface area (Å²) >= 11 is 0. The highest BCUT2D eigenvalue weighted by Crippen LogP contribution is 2.20. The highest BCUT2D eigenvalue weighted by Gasteiger charge is 2.20. The highest BCUT2D eigenvalue weighted by atomic mass is 16.4. The van der Waals surface area contributed by atoms with Crippen LogP contribution < -0.4 is 11.1 Å². The van der Waals surface area contributed by atoms with Gasteiger partial charge in [-0.3, -0.25) is 9.78 Å². The van der Waals surface area contributed by atoms with Crippen molar-refractivity contribution in [1.82, 2.24) is 4.98 Å². The van der Waals surface area contributed by atoms with Crippen molar-refractivity contribution in [3.8, 4) is 0 Å². The molecule has 0 aliphatic heterocycles. The number of nitrogens with one attached hydrogen (secondary N) is 1. The van der Waals surface area contributed by atoms with Crippen LogP contribution in [0.3, 0.4) is 0 Å². The molecule has 0 fully saturated rings. The molecule has 0 spiro atoms. The van der Waals surface area contributed by atoms with Gasteiger partial charge >= 0.3 is 5.97 Å². The van der Waals surface area contributed by atoms with Crippen LogP contribution >= 0.6 is 0 Å². The molecule has 1 aromatic heterocycles. The second-order valence-electron chi connectivity index (χ2n) is 4.20. The lowest BCUT2D eigenvalue weighted by molar-refractivity contribution is -0.137. The maximum atomic E-state index is 11.4. The first-order chi connectivity index (χ1) is 8.86. The van der Waals surface area contributed by atoms with Crippen LogP contribution in [-0.4, -0.2) is 28.0 Å². The molecule has 1 heterocycles. The summed E-state index contributed by atoms with van der Waals surface area (Å²) in [6.07, 6.45) is 1.73. The number of carboxylic acids is 1. The molecular weight excluding hydrogens is 246 g/mol. The van der Waals surface area contributed by atoms with Crippen LogP contribution in [0.25, 0.3) is 0 Å². The van der Waals surface area contributed by atoms with Gasteiger partial charge in [0.15, 0.2) is 0 Å². The van der Waals surface area contributed by atoms with E-state index in [2.05, 4.69) is 16.9 Å². The monoisotopic (exact) mass is 263 g/mol. The fourth-order valence-corrected chi connectivity index (χ4v) is 1.83. The lowest BCUT2D eigenvalue weighted by Crippen LogP contribution is -2.30. The first kappa shape index (κ1) is 14.7. The number of hydrogen-bond acceptors (Lipinski definition) is 4. The molecule has 19 heavy (non-hydrogen) atoms. The second-order valence-corrected chi connectivity index (χ2v) is 4.20. The highest BCUT2D eigenvalue weighted by molar-refractivity contribution is 6.00. The number of primary amides is 1. The van der Waals surface area contributed by atoms with Crippen molar-refractivity contribution in [2.45, 2.75) is 26.3 Å². The van der Waals surface area contributed by atoms with E-state index in [9.17, 15) is 9.59 Å². The Bertz CT molecular complexity index is 526. The Hall–Kier alpha value is -2.37. The molecule has 6 heteroatoms. The Kier molecular flexibility index (Phi) is 4.63. The summed E-state index contributed by atoms with van der Waals surface area (Å²) in [7, 11) is 0.